The van der Waals surface area contributed by atoms with Crippen LogP contribution in [-0.4, -0.2) is 10.5 Å². The molecule has 16 heavy (non-hydrogen) atoms. The number of halogens is 2. The van der Waals surface area contributed by atoms with Crippen LogP contribution in [0.25, 0.3) is 0 Å². The van der Waals surface area contributed by atoms with Crippen molar-refractivity contribution in [2.24, 2.45) is 0 Å². The highest BCUT2D eigenvalue weighted by Crippen LogP contribution is 2.45. The summed E-state index contributed by atoms with van der Waals surface area (Å²) in [7, 11) is 0. The average Bonchev–Trinajstić information content (AvgIpc) is 2.91. The van der Waals surface area contributed by atoms with Gasteiger partial charge in [0.25, 0.3) is 5.69 Å². The van der Waals surface area contributed by atoms with Gasteiger partial charge >= 0.3 is 0 Å². The van der Waals surface area contributed by atoms with E-state index in [9.17, 15) is 10.1 Å². The molecule has 0 unspecified atom stereocenters. The van der Waals surface area contributed by atoms with Gasteiger partial charge in [-0.15, -0.1) is 0 Å². The van der Waals surface area contributed by atoms with Gasteiger partial charge in [0.05, 0.1) is 4.92 Å². The van der Waals surface area contributed by atoms with Gasteiger partial charge in [-0.05, 0) is 25.8 Å². The molecule has 0 atom stereocenters. The summed E-state index contributed by atoms with van der Waals surface area (Å²) in [5.41, 5.74) is -0.400. The molecule has 0 heterocycles. The average molecular weight is 262 g/mol. The Morgan fingerprint density at radius 1 is 1.38 bits per heavy atom. The van der Waals surface area contributed by atoms with Crippen LogP contribution >= 0.6 is 23.2 Å². The molecule has 1 fully saturated rings. The van der Waals surface area contributed by atoms with Crippen molar-refractivity contribution in [1.29, 1.82) is 0 Å². The summed E-state index contributed by atoms with van der Waals surface area (Å²) in [6.45, 7) is 1.96. The van der Waals surface area contributed by atoms with Gasteiger partial charge in [-0.25, -0.2) is 0 Å². The molecule has 1 aliphatic rings. The number of hydrogen-bond donors (Lipinski definition) is 0. The number of hydrogen-bond acceptors (Lipinski definition) is 3. The fourth-order valence-electron chi connectivity index (χ4n) is 1.28. The minimum absolute atomic E-state index is 0.0755. The quantitative estimate of drug-likeness (QED) is 0.614. The first kappa shape index (κ1) is 11.5. The summed E-state index contributed by atoms with van der Waals surface area (Å²) in [6.07, 6.45) is 1.91. The highest BCUT2D eigenvalue weighted by atomic mass is 35.5. The molecular weight excluding hydrogens is 253 g/mol. The van der Waals surface area contributed by atoms with E-state index in [-0.39, 0.29) is 21.3 Å². The number of nitro benzene ring substituents is 1. The molecule has 1 aliphatic carbocycles. The predicted octanol–water partition coefficient (Wildman–Crippen LogP) is 3.83. The van der Waals surface area contributed by atoms with E-state index >= 15 is 0 Å². The zero-order valence-electron chi connectivity index (χ0n) is 8.50. The molecule has 2 rings (SSSR count). The lowest BCUT2D eigenvalue weighted by molar-refractivity contribution is -0.384. The van der Waals surface area contributed by atoms with Crippen molar-refractivity contribution in [3.8, 4) is 5.75 Å². The third kappa shape index (κ3) is 2.08. The normalized spacial score (nSPS) is 16.9. The fourth-order valence-corrected chi connectivity index (χ4v) is 1.71. The van der Waals surface area contributed by atoms with Gasteiger partial charge in [-0.1, -0.05) is 23.2 Å². The summed E-state index contributed by atoms with van der Waals surface area (Å²) in [5.74, 6) is 0.400. The molecule has 4 nitrogen and oxygen atoms in total. The first-order valence-corrected chi connectivity index (χ1v) is 5.50. The van der Waals surface area contributed by atoms with Crippen LogP contribution in [-0.2, 0) is 0 Å². The molecule has 6 heteroatoms. The maximum absolute atomic E-state index is 10.6. The van der Waals surface area contributed by atoms with E-state index in [1.807, 2.05) is 6.92 Å². The molecule has 0 N–H and O–H groups in total. The molecule has 0 saturated heterocycles. The van der Waals surface area contributed by atoms with E-state index < -0.39 is 4.92 Å². The van der Waals surface area contributed by atoms with E-state index in [1.165, 1.54) is 12.1 Å². The van der Waals surface area contributed by atoms with E-state index in [2.05, 4.69) is 0 Å². The van der Waals surface area contributed by atoms with E-state index in [0.717, 1.165) is 12.8 Å². The fraction of sp³-hybridized carbons (Fsp3) is 0.400. The molecule has 0 radical (unpaired) electrons. The first-order chi connectivity index (χ1) is 7.43. The molecule has 0 bridgehead atoms. The Balaban J connectivity index is 2.34. The van der Waals surface area contributed by atoms with Gasteiger partial charge in [0, 0.05) is 6.07 Å². The molecule has 1 aromatic carbocycles. The number of nitrogens with zero attached hydrogens (tertiary/aromatic N) is 1. The van der Waals surface area contributed by atoms with Gasteiger partial charge in [-0.2, -0.15) is 0 Å². The lowest BCUT2D eigenvalue weighted by atomic mass is 10.3. The number of rotatable bonds is 3. The third-order valence-corrected chi connectivity index (χ3v) is 3.39. The number of benzene rings is 1. The second-order valence-electron chi connectivity index (χ2n) is 4.02. The molecule has 1 aromatic rings. The Morgan fingerprint density at radius 3 is 2.50 bits per heavy atom. The summed E-state index contributed by atoms with van der Waals surface area (Å²) >= 11 is 11.7. The standard InChI is InChI=1S/C10H9Cl2NO3/c1-10(4-5-10)16-7-3-2-6(13(14)15)8(11)9(7)12/h2-3H,4-5H2,1H3. The van der Waals surface area contributed by atoms with Crippen LogP contribution in [0.2, 0.25) is 10.0 Å². The highest BCUT2D eigenvalue weighted by Gasteiger charge is 2.40. The van der Waals surface area contributed by atoms with E-state index in [0.29, 0.717) is 5.75 Å². The summed E-state index contributed by atoms with van der Waals surface area (Å²) in [5, 5.41) is 10.6. The molecule has 0 amide bonds. The molecule has 0 aliphatic heterocycles. The van der Waals surface area contributed by atoms with E-state index in [1.54, 1.807) is 0 Å². The second-order valence-corrected chi connectivity index (χ2v) is 4.78. The van der Waals surface area contributed by atoms with Crippen molar-refractivity contribution in [3.05, 3.63) is 32.3 Å². The Morgan fingerprint density at radius 2 is 2.00 bits per heavy atom. The zero-order valence-corrected chi connectivity index (χ0v) is 10.0. The molecule has 0 spiro atoms. The topological polar surface area (TPSA) is 52.4 Å². The molecule has 1 saturated carbocycles. The van der Waals surface area contributed by atoms with Crippen LogP contribution in [0.15, 0.2) is 12.1 Å². The van der Waals surface area contributed by atoms with Gasteiger partial charge in [-0.3, -0.25) is 10.1 Å². The minimum atomic E-state index is -0.573. The van der Waals surface area contributed by atoms with Gasteiger partial charge < -0.3 is 4.74 Å². The Labute approximate surface area is 102 Å². The Hall–Kier alpha value is -1.00. The predicted molar refractivity (Wildman–Crippen MR) is 61.4 cm³/mol. The van der Waals surface area contributed by atoms with Crippen LogP contribution in [0.5, 0.6) is 5.75 Å². The van der Waals surface area contributed by atoms with Crippen LogP contribution < -0.4 is 4.74 Å². The zero-order chi connectivity index (χ0) is 11.9. The van der Waals surface area contributed by atoms with E-state index in [4.69, 9.17) is 27.9 Å². The number of nitro groups is 1. The van der Waals surface area contributed by atoms with Crippen LogP contribution in [0, 0.1) is 10.1 Å². The van der Waals surface area contributed by atoms with Crippen molar-refractivity contribution in [2.45, 2.75) is 25.4 Å². The van der Waals surface area contributed by atoms with Gasteiger partial charge in [0.15, 0.2) is 0 Å². The second kappa shape index (κ2) is 3.79. The van der Waals surface area contributed by atoms with Crippen LogP contribution in [0.3, 0.4) is 0 Å². The van der Waals surface area contributed by atoms with Crippen molar-refractivity contribution in [1.82, 2.24) is 0 Å². The minimum Gasteiger partial charge on any atom is -0.486 e. The van der Waals surface area contributed by atoms with Crippen LogP contribution in [0.4, 0.5) is 5.69 Å². The number of ether oxygens (including phenoxy) is 1. The summed E-state index contributed by atoms with van der Waals surface area (Å²) in [6, 6.07) is 2.78. The SMILES string of the molecule is CC1(Oc2ccc([N+](=O)[O-])c(Cl)c2Cl)CC1. The van der Waals surface area contributed by atoms with Crippen molar-refractivity contribution < 1.29 is 9.66 Å². The smallest absolute Gasteiger partial charge is 0.289 e. The Kier molecular flexibility index (Phi) is 2.72. The van der Waals surface area contributed by atoms with Crippen molar-refractivity contribution in [2.75, 3.05) is 0 Å². The van der Waals surface area contributed by atoms with Crippen LogP contribution in [0.1, 0.15) is 19.8 Å². The lowest BCUT2D eigenvalue weighted by Gasteiger charge is -2.14. The third-order valence-electron chi connectivity index (χ3n) is 2.53. The Bertz CT molecular complexity index is 458. The van der Waals surface area contributed by atoms with Crippen molar-refractivity contribution >= 4 is 28.9 Å². The summed E-state index contributed by atoms with van der Waals surface area (Å²) < 4.78 is 5.62. The molecular formula is C10H9Cl2NO3. The maximum Gasteiger partial charge on any atom is 0.289 e. The van der Waals surface area contributed by atoms with Gasteiger partial charge in [0.2, 0.25) is 0 Å². The largest absolute Gasteiger partial charge is 0.486 e. The van der Waals surface area contributed by atoms with Crippen molar-refractivity contribution in [3.63, 3.8) is 0 Å². The summed E-state index contributed by atoms with van der Waals surface area (Å²) in [4.78, 5) is 10.0. The maximum atomic E-state index is 10.6. The first-order valence-electron chi connectivity index (χ1n) is 4.74. The van der Waals surface area contributed by atoms with Gasteiger partial charge in [0.1, 0.15) is 21.4 Å². The molecule has 0 aromatic heterocycles. The lowest BCUT2D eigenvalue weighted by Crippen LogP contribution is -2.12. The monoisotopic (exact) mass is 261 g/mol. The molecule has 86 valence electrons. The highest BCUT2D eigenvalue weighted by molar-refractivity contribution is 6.44.